The fourth-order valence-electron chi connectivity index (χ4n) is 3.13. The van der Waals surface area contributed by atoms with Crippen LogP contribution in [0, 0.1) is 6.92 Å². The Labute approximate surface area is 155 Å². The van der Waals surface area contributed by atoms with Crippen molar-refractivity contribution in [2.75, 3.05) is 7.11 Å². The molecule has 6 nitrogen and oxygen atoms in total. The fourth-order valence-corrected chi connectivity index (χ4v) is 3.13. The third kappa shape index (κ3) is 3.27. The van der Waals surface area contributed by atoms with Gasteiger partial charge in [0.1, 0.15) is 5.52 Å². The standard InChI is InChI=1S/C21H18N2O4/c1-13-14-7-3-4-8-15(14)22-17(11-25-2)20(13)21(24)26-12-19-23-16-9-5-6-10-18(16)27-19/h3-10H,11-12H2,1-2H3. The lowest BCUT2D eigenvalue weighted by atomic mass is 10.0. The molecule has 4 aromatic rings. The molecule has 0 amide bonds. The van der Waals surface area contributed by atoms with Gasteiger partial charge in [0, 0.05) is 12.5 Å². The number of esters is 1. The molecule has 0 aliphatic heterocycles. The van der Waals surface area contributed by atoms with Crippen LogP contribution in [0.25, 0.3) is 22.0 Å². The molecule has 2 heterocycles. The first kappa shape index (κ1) is 17.2. The predicted molar refractivity (Wildman–Crippen MR) is 100 cm³/mol. The largest absolute Gasteiger partial charge is 0.452 e. The van der Waals surface area contributed by atoms with Crippen LogP contribution < -0.4 is 0 Å². The maximum atomic E-state index is 12.8. The molecule has 4 rings (SSSR count). The molecule has 0 spiro atoms. The summed E-state index contributed by atoms with van der Waals surface area (Å²) >= 11 is 0. The van der Waals surface area contributed by atoms with Gasteiger partial charge in [-0.3, -0.25) is 0 Å². The Kier molecular flexibility index (Phi) is 4.56. The number of benzene rings is 2. The van der Waals surface area contributed by atoms with E-state index < -0.39 is 5.97 Å². The maximum Gasteiger partial charge on any atom is 0.340 e. The number of hydrogen-bond donors (Lipinski definition) is 0. The Hall–Kier alpha value is -3.25. The summed E-state index contributed by atoms with van der Waals surface area (Å²) in [5.74, 6) is -0.121. The van der Waals surface area contributed by atoms with E-state index in [0.29, 0.717) is 22.7 Å². The molecule has 0 bridgehead atoms. The number of aromatic nitrogens is 2. The monoisotopic (exact) mass is 362 g/mol. The van der Waals surface area contributed by atoms with Crippen molar-refractivity contribution in [1.29, 1.82) is 0 Å². The van der Waals surface area contributed by atoms with E-state index in [0.717, 1.165) is 22.0 Å². The van der Waals surface area contributed by atoms with Gasteiger partial charge in [0.05, 0.1) is 23.4 Å². The number of fused-ring (bicyclic) bond motifs is 2. The van der Waals surface area contributed by atoms with E-state index in [2.05, 4.69) is 9.97 Å². The molecule has 27 heavy (non-hydrogen) atoms. The van der Waals surface area contributed by atoms with Crippen molar-refractivity contribution in [2.45, 2.75) is 20.1 Å². The number of rotatable bonds is 5. The molecule has 0 fully saturated rings. The molecule has 2 aromatic carbocycles. The molecule has 0 saturated carbocycles. The van der Waals surface area contributed by atoms with Gasteiger partial charge in [-0.15, -0.1) is 0 Å². The molecular weight excluding hydrogens is 344 g/mol. The van der Waals surface area contributed by atoms with Crippen molar-refractivity contribution in [3.05, 3.63) is 71.2 Å². The molecule has 0 saturated heterocycles. The number of nitrogens with zero attached hydrogens (tertiary/aromatic N) is 2. The fraction of sp³-hybridized carbons (Fsp3) is 0.190. The molecular formula is C21H18N2O4. The van der Waals surface area contributed by atoms with E-state index in [1.165, 1.54) is 0 Å². The first-order chi connectivity index (χ1) is 13.2. The van der Waals surface area contributed by atoms with Crippen LogP contribution in [-0.2, 0) is 22.7 Å². The van der Waals surface area contributed by atoms with Crippen molar-refractivity contribution >= 4 is 28.0 Å². The molecule has 0 aliphatic carbocycles. The molecule has 0 N–H and O–H groups in total. The third-order valence-electron chi connectivity index (χ3n) is 4.38. The topological polar surface area (TPSA) is 74.5 Å². The zero-order valence-corrected chi connectivity index (χ0v) is 15.1. The van der Waals surface area contributed by atoms with Crippen LogP contribution in [-0.4, -0.2) is 23.0 Å². The summed E-state index contributed by atoms with van der Waals surface area (Å²) in [7, 11) is 1.57. The highest BCUT2D eigenvalue weighted by Crippen LogP contribution is 2.25. The average molecular weight is 362 g/mol. The molecule has 136 valence electrons. The van der Waals surface area contributed by atoms with Gasteiger partial charge in [0.25, 0.3) is 0 Å². The SMILES string of the molecule is COCc1nc2ccccc2c(C)c1C(=O)OCc1nc2ccccc2o1. The maximum absolute atomic E-state index is 12.8. The lowest BCUT2D eigenvalue weighted by Crippen LogP contribution is -2.13. The Balaban J connectivity index is 1.64. The van der Waals surface area contributed by atoms with Crippen LogP contribution in [0.1, 0.15) is 27.5 Å². The number of hydrogen-bond acceptors (Lipinski definition) is 6. The average Bonchev–Trinajstić information content (AvgIpc) is 3.10. The van der Waals surface area contributed by atoms with Crippen LogP contribution in [0.2, 0.25) is 0 Å². The zero-order chi connectivity index (χ0) is 18.8. The summed E-state index contributed by atoms with van der Waals surface area (Å²) in [4.78, 5) is 21.7. The van der Waals surface area contributed by atoms with Gasteiger partial charge in [-0.05, 0) is 30.7 Å². The number of para-hydroxylation sites is 3. The van der Waals surface area contributed by atoms with Gasteiger partial charge in [0.2, 0.25) is 5.89 Å². The number of pyridine rings is 1. The Bertz CT molecular complexity index is 1100. The van der Waals surface area contributed by atoms with E-state index in [4.69, 9.17) is 13.9 Å². The summed E-state index contributed by atoms with van der Waals surface area (Å²) in [5, 5.41) is 0.908. The van der Waals surface area contributed by atoms with E-state index in [1.54, 1.807) is 7.11 Å². The number of oxazole rings is 1. The highest BCUT2D eigenvalue weighted by Gasteiger charge is 2.21. The van der Waals surface area contributed by atoms with Crippen molar-refractivity contribution in [3.63, 3.8) is 0 Å². The number of carbonyl (C=O) groups is 1. The lowest BCUT2D eigenvalue weighted by Gasteiger charge is -2.13. The Morgan fingerprint density at radius 2 is 1.74 bits per heavy atom. The number of ether oxygens (including phenoxy) is 2. The van der Waals surface area contributed by atoms with Crippen LogP contribution in [0.4, 0.5) is 0 Å². The van der Waals surface area contributed by atoms with Crippen molar-refractivity contribution in [2.24, 2.45) is 0 Å². The molecule has 6 heteroatoms. The highest BCUT2D eigenvalue weighted by atomic mass is 16.5. The van der Waals surface area contributed by atoms with Crippen LogP contribution in [0.3, 0.4) is 0 Å². The second-order valence-electron chi connectivity index (χ2n) is 6.16. The smallest absolute Gasteiger partial charge is 0.340 e. The summed E-state index contributed by atoms with van der Waals surface area (Å²) in [6, 6.07) is 15.1. The second kappa shape index (κ2) is 7.17. The highest BCUT2D eigenvalue weighted by molar-refractivity contribution is 5.98. The lowest BCUT2D eigenvalue weighted by molar-refractivity contribution is 0.0434. The van der Waals surface area contributed by atoms with Gasteiger partial charge in [-0.2, -0.15) is 0 Å². The minimum Gasteiger partial charge on any atom is -0.452 e. The summed E-state index contributed by atoms with van der Waals surface area (Å²) in [6.45, 7) is 2.06. The van der Waals surface area contributed by atoms with Crippen LogP contribution in [0.5, 0.6) is 0 Å². The van der Waals surface area contributed by atoms with Gasteiger partial charge in [-0.25, -0.2) is 14.8 Å². The van der Waals surface area contributed by atoms with Crippen LogP contribution in [0.15, 0.2) is 52.9 Å². The first-order valence-corrected chi connectivity index (χ1v) is 8.56. The quantitative estimate of drug-likeness (QED) is 0.496. The Morgan fingerprint density at radius 3 is 2.52 bits per heavy atom. The predicted octanol–water partition coefficient (Wildman–Crippen LogP) is 4.19. The molecule has 0 unspecified atom stereocenters. The normalized spacial score (nSPS) is 11.2. The minimum atomic E-state index is -0.472. The summed E-state index contributed by atoms with van der Waals surface area (Å²) < 4.78 is 16.3. The number of methoxy groups -OCH3 is 1. The van der Waals surface area contributed by atoms with E-state index >= 15 is 0 Å². The summed E-state index contributed by atoms with van der Waals surface area (Å²) in [6.07, 6.45) is 0. The van der Waals surface area contributed by atoms with Gasteiger partial charge in [0.15, 0.2) is 12.2 Å². The number of aryl methyl sites for hydroxylation is 1. The van der Waals surface area contributed by atoms with Crippen LogP contribution >= 0.6 is 0 Å². The third-order valence-corrected chi connectivity index (χ3v) is 4.38. The Morgan fingerprint density at radius 1 is 1.00 bits per heavy atom. The number of carbonyl (C=O) groups excluding carboxylic acids is 1. The van der Waals surface area contributed by atoms with Crippen molar-refractivity contribution in [1.82, 2.24) is 9.97 Å². The van der Waals surface area contributed by atoms with Crippen molar-refractivity contribution < 1.29 is 18.7 Å². The first-order valence-electron chi connectivity index (χ1n) is 8.56. The van der Waals surface area contributed by atoms with E-state index in [1.807, 2.05) is 55.5 Å². The summed E-state index contributed by atoms with van der Waals surface area (Å²) in [5.41, 5.74) is 4.00. The van der Waals surface area contributed by atoms with Crippen molar-refractivity contribution in [3.8, 4) is 0 Å². The van der Waals surface area contributed by atoms with Gasteiger partial charge in [-0.1, -0.05) is 30.3 Å². The van der Waals surface area contributed by atoms with Gasteiger partial charge < -0.3 is 13.9 Å². The van der Waals surface area contributed by atoms with E-state index in [-0.39, 0.29) is 13.2 Å². The minimum absolute atomic E-state index is 0.0494. The molecule has 2 aromatic heterocycles. The molecule has 0 aliphatic rings. The molecule has 0 radical (unpaired) electrons. The van der Waals surface area contributed by atoms with Gasteiger partial charge >= 0.3 is 5.97 Å². The zero-order valence-electron chi connectivity index (χ0n) is 15.1. The van der Waals surface area contributed by atoms with E-state index in [9.17, 15) is 4.79 Å². The molecule has 0 atom stereocenters. The second-order valence-corrected chi connectivity index (χ2v) is 6.16.